The minimum absolute atomic E-state index is 0.00248. The molecule has 1 saturated carbocycles. The maximum atomic E-state index is 14.7. The lowest BCUT2D eigenvalue weighted by molar-refractivity contribution is -0.265. The number of hydrogen-bond donors (Lipinski definition) is 10. The van der Waals surface area contributed by atoms with Gasteiger partial charge in [0.2, 0.25) is 23.5 Å². The van der Waals surface area contributed by atoms with E-state index in [1.165, 1.54) is 27.2 Å². The number of nitrogens with two attached hydrogens (primary N) is 3. The highest BCUT2D eigenvalue weighted by Gasteiger charge is 2.53. The number of cyclic esters (lactones) is 1. The van der Waals surface area contributed by atoms with Crippen molar-refractivity contribution in [3.8, 4) is 0 Å². The number of piperidine rings is 1. The van der Waals surface area contributed by atoms with E-state index in [0.29, 0.717) is 62.6 Å². The van der Waals surface area contributed by atoms with E-state index in [0.717, 1.165) is 27.5 Å². The van der Waals surface area contributed by atoms with Crippen LogP contribution >= 0.6 is 0 Å². The van der Waals surface area contributed by atoms with Crippen LogP contribution in [0.4, 0.5) is 15.3 Å². The van der Waals surface area contributed by atoms with Gasteiger partial charge in [-0.1, -0.05) is 83.2 Å². The number of nitrogens with one attached hydrogen (secondary N) is 5. The number of amides is 9. The predicted molar refractivity (Wildman–Crippen MR) is 402 cm³/mol. The fourth-order valence-corrected chi connectivity index (χ4v) is 14.2. The molecule has 13 N–H and O–H groups in total. The Balaban J connectivity index is 1.03. The molecule has 0 spiro atoms. The van der Waals surface area contributed by atoms with E-state index in [1.54, 1.807) is 83.4 Å². The standard InChI is InChI=1S/C78H116N10O22/c1-45(2)67(86-64(90)31-34-88-65(91)29-30-66(88)92)73(97)85-57(19-16-32-82-76(81)100)72(96)84-54-25-22-51(23-26-54)43-108-77(101)83-44-106-35-36-107-60-28-24-52(40-63(60)104-9)37-47(4)62-42-59(89)56(80)39-49(6)69(94)70(105-10)68(93)48(5)38-53(79)18-13-11-12-17-46(3)61(103-8)41-55-27-21-50(7)78(102,110-55)71(95)74(98)87-33-15-14-20-58(87)75(99)109-62/h11-13,17-18,22-23,25-26,29-30,39,45,47-48,50,52-53,55-58,60-63,67,69-70,94,102H,14-16,19-21,24,27-28,31-38,40-44,79-80H2,1-10H3,(H,83,101)(H,84,96)(H,85,97)(H,86,90)(H3,81,82,100)/b12-11?,18-13+,46-17?,49-39+/t47-,48+,50+,52+,53+,55-,56+,57-,58-,60+,61-,62-,63+,67-,69+,70-,78+/m0/s1. The largest absolute Gasteiger partial charge is 0.460 e. The first-order valence-electron chi connectivity index (χ1n) is 38.0. The third-order valence-corrected chi connectivity index (χ3v) is 20.9. The van der Waals surface area contributed by atoms with Crippen LogP contribution in [0.1, 0.15) is 150 Å². The van der Waals surface area contributed by atoms with Crippen LogP contribution in [0.15, 0.2) is 84.0 Å². The Hall–Kier alpha value is -8.44. The molecular formula is C78H116N10O22. The molecule has 17 atom stereocenters. The number of aliphatic hydroxyl groups excluding tert-OH is 1. The molecule has 2 bridgehead atoms. The summed E-state index contributed by atoms with van der Waals surface area (Å²) in [4.78, 5) is 162. The number of primary amides is 1. The van der Waals surface area contributed by atoms with Crippen molar-refractivity contribution in [3.05, 3.63) is 89.6 Å². The Bertz CT molecular complexity index is 3470. The maximum absolute atomic E-state index is 14.7. The topological polar surface area (TPSA) is 464 Å². The minimum atomic E-state index is -2.52. The molecule has 32 heteroatoms. The molecule has 1 aromatic carbocycles. The summed E-state index contributed by atoms with van der Waals surface area (Å²) in [5.74, 6) is -12.1. The lowest BCUT2D eigenvalue weighted by atomic mass is 9.78. The summed E-state index contributed by atoms with van der Waals surface area (Å²) < 4.78 is 47.1. The molecular weight excluding hydrogens is 1430 g/mol. The lowest BCUT2D eigenvalue weighted by Gasteiger charge is -2.42. The van der Waals surface area contributed by atoms with Crippen LogP contribution in [-0.4, -0.2) is 231 Å². The number of rotatable bonds is 27. The number of Topliss-reactive ketones (excluding diaryl/α,β-unsaturated/α-hetero) is 3. The van der Waals surface area contributed by atoms with Gasteiger partial charge in [-0.15, -0.1) is 0 Å². The fraction of sp³-hybridized carbons (Fsp3) is 0.641. The van der Waals surface area contributed by atoms with E-state index in [4.69, 9.17) is 55.1 Å². The van der Waals surface area contributed by atoms with Gasteiger partial charge in [-0.05, 0) is 137 Å². The van der Waals surface area contributed by atoms with Gasteiger partial charge in [0.25, 0.3) is 23.5 Å². The van der Waals surface area contributed by atoms with Gasteiger partial charge >= 0.3 is 18.1 Å². The molecule has 1 aliphatic carbocycles. The zero-order valence-electron chi connectivity index (χ0n) is 65.0. The summed E-state index contributed by atoms with van der Waals surface area (Å²) in [6.07, 6.45) is 9.92. The summed E-state index contributed by atoms with van der Waals surface area (Å²) in [5.41, 5.74) is 20.1. The second-order valence-electron chi connectivity index (χ2n) is 29.5. The van der Waals surface area contributed by atoms with Gasteiger partial charge in [0.1, 0.15) is 49.8 Å². The van der Waals surface area contributed by atoms with Gasteiger partial charge < -0.3 is 91.5 Å². The molecule has 0 unspecified atom stereocenters. The van der Waals surface area contributed by atoms with Crippen molar-refractivity contribution >= 4 is 76.6 Å². The molecule has 110 heavy (non-hydrogen) atoms. The first-order chi connectivity index (χ1) is 52.3. The lowest BCUT2D eigenvalue weighted by Crippen LogP contribution is -2.61. The number of hydrogen-bond acceptors (Lipinski definition) is 24. The van der Waals surface area contributed by atoms with E-state index in [2.05, 4.69) is 26.6 Å². The Kier molecular flexibility index (Phi) is 36.6. The second-order valence-corrected chi connectivity index (χ2v) is 29.5. The highest BCUT2D eigenvalue weighted by atomic mass is 16.6. The number of benzene rings is 1. The van der Waals surface area contributed by atoms with Gasteiger partial charge in [-0.3, -0.25) is 53.4 Å². The third-order valence-electron chi connectivity index (χ3n) is 20.9. The first-order valence-corrected chi connectivity index (χ1v) is 38.0. The van der Waals surface area contributed by atoms with Crippen molar-refractivity contribution in [2.24, 2.45) is 46.8 Å². The Morgan fingerprint density at radius 2 is 1.51 bits per heavy atom. The number of ether oxygens (including phenoxy) is 8. The number of esters is 1. The van der Waals surface area contributed by atoms with E-state index in [1.807, 2.05) is 19.9 Å². The molecule has 610 valence electrons. The van der Waals surface area contributed by atoms with Crippen molar-refractivity contribution in [3.63, 3.8) is 0 Å². The van der Waals surface area contributed by atoms with Crippen molar-refractivity contribution in [2.75, 3.05) is 66.2 Å². The summed E-state index contributed by atoms with van der Waals surface area (Å²) in [5, 5.41) is 36.7. The fourth-order valence-electron chi connectivity index (χ4n) is 14.2. The summed E-state index contributed by atoms with van der Waals surface area (Å²) in [7, 11) is 4.40. The number of alkyl carbamates (subject to hydrolysis) is 1. The Morgan fingerprint density at radius 1 is 0.791 bits per heavy atom. The van der Waals surface area contributed by atoms with E-state index < -0.39 is 167 Å². The first kappa shape index (κ1) is 90.4. The highest BCUT2D eigenvalue weighted by molar-refractivity contribution is 6.39. The predicted octanol–water partition coefficient (Wildman–Crippen LogP) is 3.82. The van der Waals surface area contributed by atoms with E-state index in [9.17, 15) is 67.7 Å². The van der Waals surface area contributed by atoms with Crippen LogP contribution in [-0.2, 0) is 92.4 Å². The quantitative estimate of drug-likeness (QED) is 0.0149. The molecule has 0 aromatic heterocycles. The number of ketones is 3. The molecule has 1 aromatic rings. The smallest absolute Gasteiger partial charge is 0.409 e. The number of urea groups is 1. The number of fused-ring (bicyclic) bond motifs is 3. The van der Waals surface area contributed by atoms with Crippen LogP contribution in [0.3, 0.4) is 0 Å². The Labute approximate surface area is 643 Å². The van der Waals surface area contributed by atoms with Crippen LogP contribution in [0.2, 0.25) is 0 Å². The van der Waals surface area contributed by atoms with Gasteiger partial charge in [-0.2, -0.15) is 0 Å². The summed E-state index contributed by atoms with van der Waals surface area (Å²) in [6.45, 7) is 11.7. The van der Waals surface area contributed by atoms with E-state index in [-0.39, 0.29) is 108 Å². The van der Waals surface area contributed by atoms with Crippen LogP contribution in [0.25, 0.3) is 0 Å². The van der Waals surface area contributed by atoms with Crippen molar-refractivity contribution in [2.45, 2.75) is 230 Å². The van der Waals surface area contributed by atoms with Crippen molar-refractivity contribution in [1.82, 2.24) is 31.1 Å². The van der Waals surface area contributed by atoms with Gasteiger partial charge in [0.05, 0.1) is 43.7 Å². The zero-order chi connectivity index (χ0) is 80.9. The number of imide groups is 1. The number of aliphatic hydroxyl groups is 2. The van der Waals surface area contributed by atoms with Crippen LogP contribution in [0, 0.1) is 29.6 Å². The van der Waals surface area contributed by atoms with Crippen LogP contribution in [0.5, 0.6) is 0 Å². The molecule has 9 amide bonds. The Morgan fingerprint density at radius 3 is 2.18 bits per heavy atom. The van der Waals surface area contributed by atoms with Crippen LogP contribution < -0.4 is 43.8 Å². The average molecular weight is 1550 g/mol. The van der Waals surface area contributed by atoms with Gasteiger partial charge in [0, 0.05) is 95.9 Å². The van der Waals surface area contributed by atoms with Crippen molar-refractivity contribution in [1.29, 1.82) is 0 Å². The van der Waals surface area contributed by atoms with Crippen molar-refractivity contribution < 1.29 is 106 Å². The monoisotopic (exact) mass is 1540 g/mol. The molecule has 3 fully saturated rings. The molecule has 0 radical (unpaired) electrons. The molecule has 2 saturated heterocycles. The molecule has 32 nitrogen and oxygen atoms in total. The number of carbonyl (C=O) groups excluding carboxylic acids is 12. The third kappa shape index (κ3) is 27.2. The number of nitrogens with zero attached hydrogens (tertiary/aromatic N) is 2. The number of anilines is 1. The number of allylic oxidation sites excluding steroid dienone is 4. The maximum Gasteiger partial charge on any atom is 0.409 e. The minimum Gasteiger partial charge on any atom is -0.460 e. The number of carbonyl (C=O) groups is 12. The number of methoxy groups -OCH3 is 3. The molecule has 5 aliphatic rings. The summed E-state index contributed by atoms with van der Waals surface area (Å²) in [6, 6.07) is 0.186. The average Bonchev–Trinajstić information content (AvgIpc) is 1.22. The summed E-state index contributed by atoms with van der Waals surface area (Å²) >= 11 is 0. The SMILES string of the molecule is CO[C@H]1C[C@@H]2CC[C@@H](C)[C@@](O)(O2)C(=O)C(=O)N2CCCC[C@H]2C(=O)O[C@H]([C@@H](C)C[C@H]2CC[C@@H](OCCOCNC(=O)OCc3ccc(NC(=O)[C@H](CCCNC(N)=O)NC(=O)[C@@H](NC(=O)CCN4C(=O)C=CC4=O)C(C)C)cc3)[C@H](OC)C2)CC(=O)[C@H](N)/C=C(\C)[C@@H](O)[C@@H](OC)C(=O)[C@H](C)C[C@H](N)/C=C/C=CC=C1C. The van der Waals surface area contributed by atoms with E-state index >= 15 is 0 Å². The van der Waals surface area contributed by atoms with Gasteiger partial charge in [0.15, 0.2) is 11.6 Å². The molecule has 4 heterocycles. The highest BCUT2D eigenvalue weighted by Crippen LogP contribution is 2.38. The molecule has 4 aliphatic heterocycles. The second kappa shape index (κ2) is 44.6. The molecule has 6 rings (SSSR count). The van der Waals surface area contributed by atoms with Gasteiger partial charge in [-0.25, -0.2) is 14.4 Å². The zero-order valence-corrected chi connectivity index (χ0v) is 65.0. The normalized spacial score (nSPS) is 28.9.